The van der Waals surface area contributed by atoms with Crippen LogP contribution in [0.1, 0.15) is 23.5 Å². The number of rotatable bonds is 0. The van der Waals surface area contributed by atoms with Gasteiger partial charge in [0.1, 0.15) is 5.52 Å². The van der Waals surface area contributed by atoms with Crippen LogP contribution in [0.2, 0.25) is 0 Å². The summed E-state index contributed by atoms with van der Waals surface area (Å²) in [6.45, 7) is 2.29. The van der Waals surface area contributed by atoms with Gasteiger partial charge in [-0.2, -0.15) is 0 Å². The first-order valence-corrected chi connectivity index (χ1v) is 5.97. The van der Waals surface area contributed by atoms with Crippen LogP contribution in [-0.4, -0.2) is 18.1 Å². The summed E-state index contributed by atoms with van der Waals surface area (Å²) in [6, 6.07) is 4.42. The summed E-state index contributed by atoms with van der Waals surface area (Å²) in [6.07, 6.45) is 4.07. The van der Waals surface area contributed by atoms with E-state index in [0.717, 1.165) is 23.6 Å². The Labute approximate surface area is 93.9 Å². The molecule has 1 fully saturated rings. The molecule has 82 valence electrons. The van der Waals surface area contributed by atoms with Crippen LogP contribution in [0.25, 0.3) is 11.1 Å². The van der Waals surface area contributed by atoms with Gasteiger partial charge >= 0.3 is 0 Å². The summed E-state index contributed by atoms with van der Waals surface area (Å²) in [7, 11) is 0. The average Bonchev–Trinajstić information content (AvgIpc) is 2.74. The molecule has 2 atom stereocenters. The smallest absolute Gasteiger partial charge is 0.181 e. The Balaban J connectivity index is 1.93. The monoisotopic (exact) mass is 214 g/mol. The van der Waals surface area contributed by atoms with Crippen LogP contribution in [0.15, 0.2) is 22.9 Å². The Bertz CT molecular complexity index is 546. The molecule has 2 unspecified atom stereocenters. The van der Waals surface area contributed by atoms with E-state index in [4.69, 9.17) is 4.42 Å². The van der Waals surface area contributed by atoms with Crippen molar-refractivity contribution in [2.75, 3.05) is 13.1 Å². The molecule has 0 amide bonds. The van der Waals surface area contributed by atoms with Crippen LogP contribution in [-0.2, 0) is 6.42 Å². The van der Waals surface area contributed by atoms with Crippen molar-refractivity contribution in [2.24, 2.45) is 5.92 Å². The molecule has 0 radical (unpaired) electrons. The van der Waals surface area contributed by atoms with Gasteiger partial charge in [0.2, 0.25) is 0 Å². The second-order valence-corrected chi connectivity index (χ2v) is 5.03. The molecule has 1 N–H and O–H groups in total. The third-order valence-electron chi connectivity index (χ3n) is 3.98. The van der Waals surface area contributed by atoms with E-state index in [9.17, 15) is 0 Å². The molecule has 3 heteroatoms. The van der Waals surface area contributed by atoms with Crippen LogP contribution in [0.3, 0.4) is 0 Å². The Morgan fingerprint density at radius 1 is 1.31 bits per heavy atom. The molecule has 0 spiro atoms. The van der Waals surface area contributed by atoms with E-state index in [1.807, 2.05) is 0 Å². The lowest BCUT2D eigenvalue weighted by molar-refractivity contribution is 0.318. The zero-order chi connectivity index (χ0) is 10.5. The highest BCUT2D eigenvalue weighted by Gasteiger charge is 2.30. The molecule has 2 heterocycles. The summed E-state index contributed by atoms with van der Waals surface area (Å²) < 4.78 is 5.38. The molecule has 16 heavy (non-hydrogen) atoms. The van der Waals surface area contributed by atoms with Gasteiger partial charge in [0.15, 0.2) is 12.0 Å². The van der Waals surface area contributed by atoms with Gasteiger partial charge in [0.25, 0.3) is 0 Å². The van der Waals surface area contributed by atoms with Crippen molar-refractivity contribution in [1.29, 1.82) is 0 Å². The zero-order valence-electron chi connectivity index (χ0n) is 9.07. The Hall–Kier alpha value is -1.35. The fraction of sp³-hybridized carbons (Fsp3) is 0.462. The van der Waals surface area contributed by atoms with Gasteiger partial charge in [-0.3, -0.25) is 0 Å². The van der Waals surface area contributed by atoms with E-state index in [2.05, 4.69) is 22.4 Å². The summed E-state index contributed by atoms with van der Waals surface area (Å²) in [5.41, 5.74) is 4.91. The lowest BCUT2D eigenvalue weighted by atomic mass is 9.74. The number of hydrogen-bond acceptors (Lipinski definition) is 3. The van der Waals surface area contributed by atoms with Crippen molar-refractivity contribution in [3.8, 4) is 0 Å². The summed E-state index contributed by atoms with van der Waals surface area (Å²) in [5.74, 6) is 1.50. The van der Waals surface area contributed by atoms with Crippen LogP contribution in [0.4, 0.5) is 0 Å². The van der Waals surface area contributed by atoms with Gasteiger partial charge < -0.3 is 9.73 Å². The maximum atomic E-state index is 5.38. The van der Waals surface area contributed by atoms with Crippen molar-refractivity contribution in [3.05, 3.63) is 29.7 Å². The van der Waals surface area contributed by atoms with Gasteiger partial charge in [-0.05, 0) is 54.5 Å². The van der Waals surface area contributed by atoms with E-state index in [1.54, 1.807) is 6.39 Å². The average molecular weight is 214 g/mol. The minimum atomic E-state index is 0.684. The maximum Gasteiger partial charge on any atom is 0.181 e. The first-order valence-electron chi connectivity index (χ1n) is 5.97. The molecular weight excluding hydrogens is 200 g/mol. The highest BCUT2D eigenvalue weighted by atomic mass is 16.3. The maximum absolute atomic E-state index is 5.38. The molecule has 2 aliphatic rings. The van der Waals surface area contributed by atoms with Crippen molar-refractivity contribution in [3.63, 3.8) is 0 Å². The molecule has 1 aromatic heterocycles. The predicted octanol–water partition coefficient (Wildman–Crippen LogP) is 2.08. The van der Waals surface area contributed by atoms with E-state index >= 15 is 0 Å². The van der Waals surface area contributed by atoms with Crippen molar-refractivity contribution in [1.82, 2.24) is 10.3 Å². The Morgan fingerprint density at radius 2 is 2.31 bits per heavy atom. The quantitative estimate of drug-likeness (QED) is 0.729. The molecule has 1 aliphatic heterocycles. The van der Waals surface area contributed by atoms with Gasteiger partial charge in [-0.25, -0.2) is 4.98 Å². The lowest BCUT2D eigenvalue weighted by Crippen LogP contribution is -2.39. The molecule has 1 aromatic carbocycles. The van der Waals surface area contributed by atoms with Crippen molar-refractivity contribution < 1.29 is 4.42 Å². The second-order valence-electron chi connectivity index (χ2n) is 5.03. The molecule has 2 bridgehead atoms. The number of oxazole rings is 1. The van der Waals surface area contributed by atoms with Gasteiger partial charge in [-0.15, -0.1) is 0 Å². The third-order valence-corrected chi connectivity index (χ3v) is 3.98. The summed E-state index contributed by atoms with van der Waals surface area (Å²) in [4.78, 5) is 4.25. The standard InChI is InChI=1S/C13H14N2O/c1-8-2-10(6-14-5-8)11-4-12-13(3-9(1)11)16-7-15-12/h3-4,7-8,10,14H,1-2,5-6H2. The number of nitrogens with one attached hydrogen (secondary N) is 1. The normalized spacial score (nSPS) is 28.0. The molecule has 0 saturated carbocycles. The molecule has 2 aromatic rings. The minimum absolute atomic E-state index is 0.684. The van der Waals surface area contributed by atoms with Crippen LogP contribution in [0.5, 0.6) is 0 Å². The highest BCUT2D eigenvalue weighted by molar-refractivity contribution is 5.75. The third kappa shape index (κ3) is 1.15. The SMILES string of the molecule is c1nc2cc3c(cc2o1)CC1CNCC3C1. The van der Waals surface area contributed by atoms with E-state index < -0.39 is 0 Å². The zero-order valence-corrected chi connectivity index (χ0v) is 9.07. The number of aromatic nitrogens is 1. The van der Waals surface area contributed by atoms with Crippen LogP contribution >= 0.6 is 0 Å². The predicted molar refractivity (Wildman–Crippen MR) is 61.4 cm³/mol. The Kier molecular flexibility index (Phi) is 1.68. The van der Waals surface area contributed by atoms with Gasteiger partial charge in [0, 0.05) is 6.54 Å². The first-order chi connectivity index (χ1) is 7.90. The van der Waals surface area contributed by atoms with Crippen molar-refractivity contribution in [2.45, 2.75) is 18.8 Å². The van der Waals surface area contributed by atoms with E-state index in [0.29, 0.717) is 5.92 Å². The number of piperidine rings is 1. The van der Waals surface area contributed by atoms with Crippen LogP contribution in [0, 0.1) is 5.92 Å². The first kappa shape index (κ1) is 8.76. The number of hydrogen-bond donors (Lipinski definition) is 1. The molecular formula is C13H14N2O. The summed E-state index contributed by atoms with van der Waals surface area (Å²) >= 11 is 0. The molecule has 3 nitrogen and oxygen atoms in total. The van der Waals surface area contributed by atoms with Crippen LogP contribution < -0.4 is 5.32 Å². The van der Waals surface area contributed by atoms with E-state index in [-0.39, 0.29) is 0 Å². The largest absolute Gasteiger partial charge is 0.443 e. The number of benzene rings is 1. The lowest BCUT2D eigenvalue weighted by Gasteiger charge is -2.36. The van der Waals surface area contributed by atoms with Gasteiger partial charge in [-0.1, -0.05) is 0 Å². The fourth-order valence-corrected chi connectivity index (χ4v) is 3.25. The topological polar surface area (TPSA) is 38.1 Å². The van der Waals surface area contributed by atoms with Gasteiger partial charge in [0.05, 0.1) is 0 Å². The number of nitrogens with zero attached hydrogens (tertiary/aromatic N) is 1. The highest BCUT2D eigenvalue weighted by Crippen LogP contribution is 2.38. The molecule has 4 rings (SSSR count). The molecule has 1 aliphatic carbocycles. The fourth-order valence-electron chi connectivity index (χ4n) is 3.25. The molecule has 1 saturated heterocycles. The van der Waals surface area contributed by atoms with Crippen molar-refractivity contribution >= 4 is 11.1 Å². The minimum Gasteiger partial charge on any atom is -0.443 e. The second kappa shape index (κ2) is 3.08. The Morgan fingerprint density at radius 3 is 3.31 bits per heavy atom. The van der Waals surface area contributed by atoms with E-state index in [1.165, 1.54) is 30.5 Å². The number of fused-ring (bicyclic) bond motifs is 5. The summed E-state index contributed by atoms with van der Waals surface area (Å²) in [5, 5.41) is 3.53.